The third-order valence-electron chi connectivity index (χ3n) is 2.83. The van der Waals surface area contributed by atoms with Crippen molar-refractivity contribution in [3.63, 3.8) is 0 Å². The van der Waals surface area contributed by atoms with Gasteiger partial charge in [0.15, 0.2) is 0 Å². The number of hydrogen-bond donors (Lipinski definition) is 1. The standard InChI is InChI=1S/C14H11Cl3N2O/c1-8-4-2-3-5-9(8)6-19-14(20)13-12(17)11(16)10(15)7-18-13/h2-5,7H,6H2,1H3,(H,19,20). The first-order valence-corrected chi connectivity index (χ1v) is 6.96. The van der Waals surface area contributed by atoms with E-state index in [2.05, 4.69) is 10.3 Å². The maximum Gasteiger partial charge on any atom is 0.271 e. The lowest BCUT2D eigenvalue weighted by molar-refractivity contribution is 0.0946. The molecule has 1 aromatic heterocycles. The Bertz CT molecular complexity index is 659. The lowest BCUT2D eigenvalue weighted by atomic mass is 10.1. The van der Waals surface area contributed by atoms with Crippen LogP contribution in [0.5, 0.6) is 0 Å². The van der Waals surface area contributed by atoms with Crippen LogP contribution in [0.1, 0.15) is 21.6 Å². The van der Waals surface area contributed by atoms with E-state index in [4.69, 9.17) is 34.8 Å². The Labute approximate surface area is 131 Å². The predicted molar refractivity (Wildman–Crippen MR) is 81.6 cm³/mol. The molecule has 0 aliphatic heterocycles. The lowest BCUT2D eigenvalue weighted by Crippen LogP contribution is -2.24. The average Bonchev–Trinajstić information content (AvgIpc) is 2.44. The Morgan fingerprint density at radius 1 is 1.20 bits per heavy atom. The second-order valence-electron chi connectivity index (χ2n) is 4.19. The van der Waals surface area contributed by atoms with Gasteiger partial charge in [0.2, 0.25) is 0 Å². The third-order valence-corrected chi connectivity index (χ3v) is 4.07. The fourth-order valence-corrected chi connectivity index (χ4v) is 2.24. The number of hydrogen-bond acceptors (Lipinski definition) is 2. The van der Waals surface area contributed by atoms with E-state index in [9.17, 15) is 4.79 Å². The van der Waals surface area contributed by atoms with Crippen LogP contribution in [-0.2, 0) is 6.54 Å². The lowest BCUT2D eigenvalue weighted by Gasteiger charge is -2.09. The van der Waals surface area contributed by atoms with Gasteiger partial charge in [0.05, 0.1) is 15.1 Å². The van der Waals surface area contributed by atoms with Crippen molar-refractivity contribution in [2.24, 2.45) is 0 Å². The van der Waals surface area contributed by atoms with Crippen molar-refractivity contribution >= 4 is 40.7 Å². The number of benzene rings is 1. The van der Waals surface area contributed by atoms with Crippen LogP contribution in [0.25, 0.3) is 0 Å². The quantitative estimate of drug-likeness (QED) is 0.913. The highest BCUT2D eigenvalue weighted by Gasteiger charge is 2.16. The van der Waals surface area contributed by atoms with Crippen molar-refractivity contribution in [3.05, 3.63) is 62.4 Å². The van der Waals surface area contributed by atoms with Crippen LogP contribution in [0.4, 0.5) is 0 Å². The molecule has 1 heterocycles. The Balaban J connectivity index is 2.14. The van der Waals surface area contributed by atoms with E-state index in [0.717, 1.165) is 11.1 Å². The predicted octanol–water partition coefficient (Wildman–Crippen LogP) is 4.28. The molecule has 0 radical (unpaired) electrons. The van der Waals surface area contributed by atoms with Crippen molar-refractivity contribution in [2.45, 2.75) is 13.5 Å². The number of nitrogens with zero attached hydrogens (tertiary/aromatic N) is 1. The maximum absolute atomic E-state index is 12.1. The number of carbonyl (C=O) groups is 1. The summed E-state index contributed by atoms with van der Waals surface area (Å²) in [7, 11) is 0. The summed E-state index contributed by atoms with van der Waals surface area (Å²) in [4.78, 5) is 16.0. The first-order chi connectivity index (χ1) is 9.50. The SMILES string of the molecule is Cc1ccccc1CNC(=O)c1ncc(Cl)c(Cl)c1Cl. The second kappa shape index (κ2) is 6.44. The molecule has 2 rings (SSSR count). The fourth-order valence-electron chi connectivity index (χ4n) is 1.67. The summed E-state index contributed by atoms with van der Waals surface area (Å²) >= 11 is 17.6. The van der Waals surface area contributed by atoms with E-state index < -0.39 is 5.91 Å². The van der Waals surface area contributed by atoms with Gasteiger partial charge in [-0.1, -0.05) is 59.1 Å². The highest BCUT2D eigenvalue weighted by Crippen LogP contribution is 2.30. The molecule has 104 valence electrons. The molecule has 1 N–H and O–H groups in total. The number of aromatic nitrogens is 1. The summed E-state index contributed by atoms with van der Waals surface area (Å²) < 4.78 is 0. The molecule has 20 heavy (non-hydrogen) atoms. The average molecular weight is 330 g/mol. The summed E-state index contributed by atoms with van der Waals surface area (Å²) in [5.41, 5.74) is 2.19. The van der Waals surface area contributed by atoms with Crippen molar-refractivity contribution in [1.29, 1.82) is 0 Å². The van der Waals surface area contributed by atoms with Crippen LogP contribution in [0, 0.1) is 6.92 Å². The third kappa shape index (κ3) is 3.23. The molecular weight excluding hydrogens is 319 g/mol. The molecule has 0 unspecified atom stereocenters. The maximum atomic E-state index is 12.1. The van der Waals surface area contributed by atoms with Crippen LogP contribution in [0.3, 0.4) is 0 Å². The fraction of sp³-hybridized carbons (Fsp3) is 0.143. The summed E-state index contributed by atoms with van der Waals surface area (Å²) in [5, 5.41) is 3.16. The largest absolute Gasteiger partial charge is 0.347 e. The smallest absolute Gasteiger partial charge is 0.271 e. The van der Waals surface area contributed by atoms with Gasteiger partial charge in [-0.2, -0.15) is 0 Å². The summed E-state index contributed by atoms with van der Waals surface area (Å²) in [6.45, 7) is 2.37. The number of halogens is 3. The topological polar surface area (TPSA) is 42.0 Å². The van der Waals surface area contributed by atoms with Gasteiger partial charge in [-0.3, -0.25) is 4.79 Å². The molecule has 6 heteroatoms. The molecule has 0 spiro atoms. The number of aryl methyl sites for hydroxylation is 1. The van der Waals surface area contributed by atoms with E-state index >= 15 is 0 Å². The van der Waals surface area contributed by atoms with Gasteiger partial charge >= 0.3 is 0 Å². The van der Waals surface area contributed by atoms with Crippen LogP contribution in [-0.4, -0.2) is 10.9 Å². The van der Waals surface area contributed by atoms with Crippen LogP contribution >= 0.6 is 34.8 Å². The van der Waals surface area contributed by atoms with E-state index in [1.165, 1.54) is 6.20 Å². The molecule has 0 aliphatic carbocycles. The Morgan fingerprint density at radius 2 is 1.90 bits per heavy atom. The zero-order valence-corrected chi connectivity index (χ0v) is 12.9. The van der Waals surface area contributed by atoms with Gasteiger partial charge in [-0.05, 0) is 18.1 Å². The van der Waals surface area contributed by atoms with Gasteiger partial charge < -0.3 is 5.32 Å². The van der Waals surface area contributed by atoms with Gasteiger partial charge in [0, 0.05) is 12.7 Å². The van der Waals surface area contributed by atoms with Crippen LogP contribution in [0.15, 0.2) is 30.5 Å². The first kappa shape index (κ1) is 15.1. The normalized spacial score (nSPS) is 10.4. The zero-order valence-electron chi connectivity index (χ0n) is 10.6. The first-order valence-electron chi connectivity index (χ1n) is 5.83. The highest BCUT2D eigenvalue weighted by atomic mass is 35.5. The van der Waals surface area contributed by atoms with Gasteiger partial charge in [0.1, 0.15) is 5.69 Å². The molecule has 0 aliphatic rings. The molecule has 3 nitrogen and oxygen atoms in total. The van der Waals surface area contributed by atoms with Gasteiger partial charge in [-0.25, -0.2) is 4.98 Å². The second-order valence-corrected chi connectivity index (χ2v) is 5.35. The van der Waals surface area contributed by atoms with Crippen molar-refractivity contribution in [3.8, 4) is 0 Å². The van der Waals surface area contributed by atoms with Gasteiger partial charge in [-0.15, -0.1) is 0 Å². The Morgan fingerprint density at radius 3 is 2.60 bits per heavy atom. The molecule has 0 bridgehead atoms. The molecule has 0 atom stereocenters. The summed E-state index contributed by atoms with van der Waals surface area (Å²) in [6.07, 6.45) is 1.30. The van der Waals surface area contributed by atoms with Crippen molar-refractivity contribution < 1.29 is 4.79 Å². The molecule has 1 aromatic carbocycles. The Hall–Kier alpha value is -1.29. The zero-order chi connectivity index (χ0) is 14.7. The van der Waals surface area contributed by atoms with E-state index in [-0.39, 0.29) is 20.8 Å². The Kier molecular flexibility index (Phi) is 4.86. The number of carbonyl (C=O) groups excluding carboxylic acids is 1. The minimum Gasteiger partial charge on any atom is -0.347 e. The van der Waals surface area contributed by atoms with E-state index in [0.29, 0.717) is 6.54 Å². The van der Waals surface area contributed by atoms with Crippen LogP contribution in [0.2, 0.25) is 15.1 Å². The molecule has 0 saturated carbocycles. The minimum absolute atomic E-state index is 0.0569. The molecule has 0 fully saturated rings. The van der Waals surface area contributed by atoms with Gasteiger partial charge in [0.25, 0.3) is 5.91 Å². The molecule has 0 saturated heterocycles. The van der Waals surface area contributed by atoms with Crippen LogP contribution < -0.4 is 5.32 Å². The van der Waals surface area contributed by atoms with E-state index in [1.807, 2.05) is 31.2 Å². The molecule has 2 aromatic rings. The molecule has 1 amide bonds. The summed E-state index contributed by atoms with van der Waals surface area (Å²) in [5.74, 6) is -0.392. The van der Waals surface area contributed by atoms with Crippen molar-refractivity contribution in [2.75, 3.05) is 0 Å². The van der Waals surface area contributed by atoms with E-state index in [1.54, 1.807) is 0 Å². The number of amides is 1. The highest BCUT2D eigenvalue weighted by molar-refractivity contribution is 6.48. The monoisotopic (exact) mass is 328 g/mol. The molecular formula is C14H11Cl3N2O. The number of rotatable bonds is 3. The number of pyridine rings is 1. The summed E-state index contributed by atoms with van der Waals surface area (Å²) in [6, 6.07) is 7.78. The number of nitrogens with one attached hydrogen (secondary N) is 1. The minimum atomic E-state index is -0.392. The van der Waals surface area contributed by atoms with Crippen molar-refractivity contribution in [1.82, 2.24) is 10.3 Å².